The first kappa shape index (κ1) is 13.6. The van der Waals surface area contributed by atoms with Gasteiger partial charge in [-0.2, -0.15) is 0 Å². The summed E-state index contributed by atoms with van der Waals surface area (Å²) in [6.07, 6.45) is 9.54. The maximum atomic E-state index is 6.50. The number of likely N-dealkylation sites (tertiary alicyclic amines) is 1. The van der Waals surface area contributed by atoms with E-state index in [-0.39, 0.29) is 11.6 Å². The van der Waals surface area contributed by atoms with Crippen LogP contribution in [0.3, 0.4) is 0 Å². The van der Waals surface area contributed by atoms with Gasteiger partial charge >= 0.3 is 0 Å². The Hall–Kier alpha value is -0.800. The van der Waals surface area contributed by atoms with E-state index in [1.807, 2.05) is 12.3 Å². The minimum atomic E-state index is 0.109. The van der Waals surface area contributed by atoms with E-state index in [1.54, 1.807) is 6.26 Å². The van der Waals surface area contributed by atoms with Gasteiger partial charge in [-0.3, -0.25) is 4.90 Å². The first-order valence-electron chi connectivity index (χ1n) is 7.18. The molecule has 0 radical (unpaired) electrons. The Balaban J connectivity index is 2.04. The van der Waals surface area contributed by atoms with Gasteiger partial charge in [-0.25, -0.2) is 0 Å². The number of nitrogens with zero attached hydrogens (tertiary/aromatic N) is 1. The van der Waals surface area contributed by atoms with Gasteiger partial charge < -0.3 is 10.2 Å². The molecule has 1 aliphatic heterocycles. The maximum absolute atomic E-state index is 6.50. The van der Waals surface area contributed by atoms with Crippen molar-refractivity contribution in [2.24, 2.45) is 5.73 Å². The standard InChI is InChI=1S/C15H26N2O/c1-3-15(2,17-8-5-4-6-9-17)14(16)11-13-7-10-18-12-13/h7,10,12,14H,3-6,8-9,11,16H2,1-2H3. The first-order valence-corrected chi connectivity index (χ1v) is 7.18. The minimum Gasteiger partial charge on any atom is -0.472 e. The zero-order valence-electron chi connectivity index (χ0n) is 11.7. The Kier molecular flexibility index (Phi) is 4.46. The average molecular weight is 250 g/mol. The number of furan rings is 1. The van der Waals surface area contributed by atoms with Gasteiger partial charge in [0.25, 0.3) is 0 Å². The molecule has 3 heteroatoms. The van der Waals surface area contributed by atoms with Gasteiger partial charge in [-0.15, -0.1) is 0 Å². The van der Waals surface area contributed by atoms with Gasteiger partial charge in [0.05, 0.1) is 12.5 Å². The minimum absolute atomic E-state index is 0.109. The zero-order valence-corrected chi connectivity index (χ0v) is 11.7. The van der Waals surface area contributed by atoms with E-state index in [1.165, 1.54) is 37.9 Å². The molecule has 0 spiro atoms. The molecule has 0 bridgehead atoms. The van der Waals surface area contributed by atoms with Crippen LogP contribution in [0.2, 0.25) is 0 Å². The molecule has 102 valence electrons. The van der Waals surface area contributed by atoms with E-state index >= 15 is 0 Å². The monoisotopic (exact) mass is 250 g/mol. The fourth-order valence-electron chi connectivity index (χ4n) is 3.01. The maximum Gasteiger partial charge on any atom is 0.0935 e. The van der Waals surface area contributed by atoms with Crippen LogP contribution in [-0.2, 0) is 6.42 Å². The molecule has 2 heterocycles. The highest BCUT2D eigenvalue weighted by Crippen LogP contribution is 2.28. The molecule has 1 aromatic rings. The van der Waals surface area contributed by atoms with Crippen LogP contribution in [0.5, 0.6) is 0 Å². The Morgan fingerprint density at radius 2 is 2.11 bits per heavy atom. The second-order valence-electron chi connectivity index (χ2n) is 5.70. The largest absolute Gasteiger partial charge is 0.472 e. The molecule has 0 saturated carbocycles. The summed E-state index contributed by atoms with van der Waals surface area (Å²) in [5.74, 6) is 0. The van der Waals surface area contributed by atoms with Crippen LogP contribution >= 0.6 is 0 Å². The molecule has 0 aliphatic carbocycles. The van der Waals surface area contributed by atoms with Crippen molar-refractivity contribution in [1.82, 2.24) is 4.90 Å². The van der Waals surface area contributed by atoms with E-state index in [9.17, 15) is 0 Å². The Labute approximate surface area is 110 Å². The van der Waals surface area contributed by atoms with Gasteiger partial charge in [0.2, 0.25) is 0 Å². The zero-order chi connectivity index (χ0) is 13.0. The number of rotatable bonds is 5. The SMILES string of the molecule is CCC(C)(C(N)Cc1ccoc1)N1CCCCC1. The molecule has 3 nitrogen and oxygen atoms in total. The van der Waals surface area contributed by atoms with Crippen molar-refractivity contribution in [2.75, 3.05) is 13.1 Å². The summed E-state index contributed by atoms with van der Waals surface area (Å²) >= 11 is 0. The normalized spacial score (nSPS) is 22.6. The number of nitrogens with two attached hydrogens (primary N) is 1. The molecule has 2 unspecified atom stereocenters. The van der Waals surface area contributed by atoms with Crippen LogP contribution in [0.15, 0.2) is 23.0 Å². The predicted molar refractivity (Wildman–Crippen MR) is 74.5 cm³/mol. The number of hydrogen-bond acceptors (Lipinski definition) is 3. The van der Waals surface area contributed by atoms with Crippen molar-refractivity contribution in [3.63, 3.8) is 0 Å². The van der Waals surface area contributed by atoms with Crippen LogP contribution < -0.4 is 5.73 Å². The second kappa shape index (κ2) is 5.89. The van der Waals surface area contributed by atoms with E-state index in [2.05, 4.69) is 18.7 Å². The van der Waals surface area contributed by atoms with E-state index < -0.39 is 0 Å². The summed E-state index contributed by atoms with van der Waals surface area (Å²) in [6.45, 7) is 6.97. The van der Waals surface area contributed by atoms with Crippen molar-refractivity contribution < 1.29 is 4.42 Å². The second-order valence-corrected chi connectivity index (χ2v) is 5.70. The van der Waals surface area contributed by atoms with Gasteiger partial charge in [-0.05, 0) is 57.3 Å². The first-order chi connectivity index (χ1) is 8.66. The van der Waals surface area contributed by atoms with Crippen molar-refractivity contribution in [3.8, 4) is 0 Å². The summed E-state index contributed by atoms with van der Waals surface area (Å²) < 4.78 is 5.14. The number of hydrogen-bond donors (Lipinski definition) is 1. The quantitative estimate of drug-likeness (QED) is 0.873. The van der Waals surface area contributed by atoms with Crippen LogP contribution in [0, 0.1) is 0 Å². The lowest BCUT2D eigenvalue weighted by Crippen LogP contribution is -2.59. The smallest absolute Gasteiger partial charge is 0.0935 e. The van der Waals surface area contributed by atoms with Crippen molar-refractivity contribution in [1.29, 1.82) is 0 Å². The predicted octanol–water partition coefficient (Wildman–Crippen LogP) is 2.80. The van der Waals surface area contributed by atoms with Gasteiger partial charge in [0, 0.05) is 11.6 Å². The molecule has 0 aromatic carbocycles. The van der Waals surface area contributed by atoms with E-state index in [0.717, 1.165) is 12.8 Å². The van der Waals surface area contributed by atoms with Crippen LogP contribution in [-0.4, -0.2) is 29.6 Å². The topological polar surface area (TPSA) is 42.4 Å². The molecule has 2 rings (SSSR count). The Morgan fingerprint density at radius 3 is 2.67 bits per heavy atom. The van der Waals surface area contributed by atoms with Gasteiger partial charge in [0.15, 0.2) is 0 Å². The highest BCUT2D eigenvalue weighted by atomic mass is 16.3. The molecule has 0 amide bonds. The molecule has 1 aromatic heterocycles. The third-order valence-electron chi connectivity index (χ3n) is 4.63. The molecule has 1 fully saturated rings. The van der Waals surface area contributed by atoms with Gasteiger partial charge in [0.1, 0.15) is 0 Å². The molecular weight excluding hydrogens is 224 g/mol. The Bertz CT molecular complexity index is 343. The van der Waals surface area contributed by atoms with Crippen molar-refractivity contribution in [2.45, 2.75) is 57.5 Å². The van der Waals surface area contributed by atoms with E-state index in [0.29, 0.717) is 0 Å². The summed E-state index contributed by atoms with van der Waals surface area (Å²) in [6, 6.07) is 2.18. The summed E-state index contributed by atoms with van der Waals surface area (Å²) in [7, 11) is 0. The van der Waals surface area contributed by atoms with Gasteiger partial charge in [-0.1, -0.05) is 13.3 Å². The molecule has 2 N–H and O–H groups in total. The van der Waals surface area contributed by atoms with Crippen molar-refractivity contribution in [3.05, 3.63) is 24.2 Å². The lowest BCUT2D eigenvalue weighted by molar-refractivity contribution is 0.0546. The summed E-state index contributed by atoms with van der Waals surface area (Å²) in [4.78, 5) is 2.60. The lowest BCUT2D eigenvalue weighted by Gasteiger charge is -2.46. The molecular formula is C15H26N2O. The fraction of sp³-hybridized carbons (Fsp3) is 0.733. The summed E-state index contributed by atoms with van der Waals surface area (Å²) in [5.41, 5.74) is 7.82. The fourth-order valence-corrected chi connectivity index (χ4v) is 3.01. The molecule has 1 saturated heterocycles. The lowest BCUT2D eigenvalue weighted by atomic mass is 9.83. The Morgan fingerprint density at radius 1 is 1.39 bits per heavy atom. The molecule has 18 heavy (non-hydrogen) atoms. The highest BCUT2D eigenvalue weighted by Gasteiger charge is 2.36. The molecule has 2 atom stereocenters. The van der Waals surface area contributed by atoms with Crippen LogP contribution in [0.4, 0.5) is 0 Å². The van der Waals surface area contributed by atoms with Crippen LogP contribution in [0.1, 0.15) is 45.1 Å². The third kappa shape index (κ3) is 2.78. The number of piperidine rings is 1. The van der Waals surface area contributed by atoms with Crippen LogP contribution in [0.25, 0.3) is 0 Å². The average Bonchev–Trinajstić information content (AvgIpc) is 2.91. The third-order valence-corrected chi connectivity index (χ3v) is 4.63. The molecule has 1 aliphatic rings. The van der Waals surface area contributed by atoms with E-state index in [4.69, 9.17) is 10.2 Å². The summed E-state index contributed by atoms with van der Waals surface area (Å²) in [5, 5.41) is 0. The van der Waals surface area contributed by atoms with Crippen molar-refractivity contribution >= 4 is 0 Å². The highest BCUT2D eigenvalue weighted by molar-refractivity contribution is 5.10.